The van der Waals surface area contributed by atoms with Gasteiger partial charge in [-0.25, -0.2) is 9.87 Å². The van der Waals surface area contributed by atoms with E-state index in [1.807, 2.05) is 12.3 Å². The highest BCUT2D eigenvalue weighted by Crippen LogP contribution is 2.37. The first-order chi connectivity index (χ1) is 17.0. The molecule has 35 heavy (non-hydrogen) atoms. The van der Waals surface area contributed by atoms with Crippen LogP contribution < -0.4 is 5.48 Å². The van der Waals surface area contributed by atoms with Gasteiger partial charge in [-0.05, 0) is 77.9 Å². The minimum Gasteiger partial charge on any atom is -0.361 e. The number of carbonyl (C=O) groups is 1. The molecule has 0 radical (unpaired) electrons. The zero-order valence-corrected chi connectivity index (χ0v) is 19.0. The fourth-order valence-corrected chi connectivity index (χ4v) is 5.00. The summed E-state index contributed by atoms with van der Waals surface area (Å²) >= 11 is 0. The van der Waals surface area contributed by atoms with Crippen LogP contribution in [-0.4, -0.2) is 32.5 Å². The van der Waals surface area contributed by atoms with Gasteiger partial charge >= 0.3 is 0 Å². The summed E-state index contributed by atoms with van der Waals surface area (Å²) in [5, 5.41) is 9.68. The molecule has 4 N–H and O–H groups in total. The third-order valence-corrected chi connectivity index (χ3v) is 6.67. The summed E-state index contributed by atoms with van der Waals surface area (Å²) < 4.78 is 27.2. The number of nitrogens with one attached hydrogen (secondary N) is 3. The van der Waals surface area contributed by atoms with Crippen molar-refractivity contribution in [3.05, 3.63) is 101 Å². The number of hydrogen-bond acceptors (Lipinski definition) is 3. The zero-order valence-electron chi connectivity index (χ0n) is 19.0. The highest BCUT2D eigenvalue weighted by Gasteiger charge is 2.28. The van der Waals surface area contributed by atoms with E-state index in [1.165, 1.54) is 35.4 Å². The molecule has 1 atom stereocenters. The third-order valence-electron chi connectivity index (χ3n) is 6.67. The van der Waals surface area contributed by atoms with Gasteiger partial charge in [-0.1, -0.05) is 18.2 Å². The number of H-pyrrole nitrogens is 2. The minimum absolute atomic E-state index is 0.165. The minimum atomic E-state index is -0.576. The highest BCUT2D eigenvalue weighted by molar-refractivity contribution is 5.90. The SMILES string of the molecule is O=C(C=Cc1ccc2c(c1)CCC2N(CCc1c[nH]c2cc(F)ccc12)Cc1ccc(F)[nH]1)NO. The predicted molar refractivity (Wildman–Crippen MR) is 130 cm³/mol. The smallest absolute Gasteiger partial charge is 0.267 e. The average Bonchev–Trinajstić information content (AvgIpc) is 3.58. The van der Waals surface area contributed by atoms with Crippen LogP contribution in [-0.2, 0) is 24.2 Å². The first kappa shape index (κ1) is 23.0. The van der Waals surface area contributed by atoms with Crippen molar-refractivity contribution in [1.29, 1.82) is 0 Å². The van der Waals surface area contributed by atoms with E-state index in [4.69, 9.17) is 5.21 Å². The fraction of sp³-hybridized carbons (Fsp3) is 0.222. The van der Waals surface area contributed by atoms with Crippen molar-refractivity contribution < 1.29 is 18.8 Å². The summed E-state index contributed by atoms with van der Waals surface area (Å²) in [6.07, 6.45) is 7.47. The number of carbonyl (C=O) groups excluding carboxylic acids is 1. The maximum absolute atomic E-state index is 13.7. The van der Waals surface area contributed by atoms with E-state index in [-0.39, 0.29) is 17.8 Å². The standard InChI is InChI=1S/C27H26F2N4O2/c28-20-4-7-22-19(15-30-24(22)14-20)11-12-33(16-21-5-9-26(29)31-21)25-8-3-18-13-17(1-6-23(18)25)2-10-27(34)32-35/h1-2,4-7,9-10,13-15,25,30-31,35H,3,8,11-12,16H2,(H,32,34). The summed E-state index contributed by atoms with van der Waals surface area (Å²) in [5.74, 6) is -1.20. The maximum atomic E-state index is 13.7. The van der Waals surface area contributed by atoms with Crippen LogP contribution in [0.15, 0.2) is 60.8 Å². The Bertz CT molecular complexity index is 1390. The lowest BCUT2D eigenvalue weighted by molar-refractivity contribution is -0.124. The van der Waals surface area contributed by atoms with Crippen molar-refractivity contribution in [2.45, 2.75) is 31.8 Å². The van der Waals surface area contributed by atoms with Gasteiger partial charge in [-0.15, -0.1) is 0 Å². The van der Waals surface area contributed by atoms with Gasteiger partial charge in [0.05, 0.1) is 0 Å². The molecule has 0 aliphatic heterocycles. The molecule has 1 unspecified atom stereocenters. The first-order valence-corrected chi connectivity index (χ1v) is 11.6. The lowest BCUT2D eigenvalue weighted by Crippen LogP contribution is -2.29. The second kappa shape index (κ2) is 9.85. The molecule has 1 aliphatic carbocycles. The second-order valence-electron chi connectivity index (χ2n) is 8.88. The summed E-state index contributed by atoms with van der Waals surface area (Å²) in [5.41, 5.74) is 7.62. The molecule has 0 saturated carbocycles. The van der Waals surface area contributed by atoms with Crippen molar-refractivity contribution in [2.75, 3.05) is 6.54 Å². The van der Waals surface area contributed by atoms with Crippen molar-refractivity contribution in [2.24, 2.45) is 0 Å². The van der Waals surface area contributed by atoms with Gasteiger partial charge in [0.1, 0.15) is 5.82 Å². The average molecular weight is 477 g/mol. The Labute approximate surface area is 201 Å². The number of hydrogen-bond donors (Lipinski definition) is 4. The van der Waals surface area contributed by atoms with Gasteiger partial charge in [0.15, 0.2) is 5.95 Å². The lowest BCUT2D eigenvalue weighted by atomic mass is 10.0. The van der Waals surface area contributed by atoms with Gasteiger partial charge in [0.2, 0.25) is 0 Å². The van der Waals surface area contributed by atoms with E-state index >= 15 is 0 Å². The molecule has 0 saturated heterocycles. The third kappa shape index (κ3) is 5.03. The summed E-state index contributed by atoms with van der Waals surface area (Å²) in [6, 6.07) is 14.3. The van der Waals surface area contributed by atoms with Crippen LogP contribution in [0.4, 0.5) is 8.78 Å². The Morgan fingerprint density at radius 2 is 2.06 bits per heavy atom. The van der Waals surface area contributed by atoms with Gasteiger partial charge in [0.25, 0.3) is 5.91 Å². The molecule has 5 rings (SSSR count). The monoisotopic (exact) mass is 476 g/mol. The molecule has 6 nitrogen and oxygen atoms in total. The molecule has 1 amide bonds. The summed E-state index contributed by atoms with van der Waals surface area (Å²) in [4.78, 5) is 19.6. The maximum Gasteiger partial charge on any atom is 0.267 e. The molecular weight excluding hydrogens is 450 g/mol. The molecule has 4 aromatic rings. The molecule has 2 aromatic heterocycles. The van der Waals surface area contributed by atoms with E-state index < -0.39 is 5.91 Å². The van der Waals surface area contributed by atoms with E-state index in [2.05, 4.69) is 27.0 Å². The van der Waals surface area contributed by atoms with Crippen LogP contribution in [0.25, 0.3) is 17.0 Å². The van der Waals surface area contributed by atoms with Gasteiger partial charge < -0.3 is 9.97 Å². The Morgan fingerprint density at radius 1 is 1.17 bits per heavy atom. The predicted octanol–water partition coefficient (Wildman–Crippen LogP) is 5.03. The number of halogens is 2. The molecule has 180 valence electrons. The number of hydroxylamine groups is 1. The molecule has 8 heteroatoms. The number of nitrogens with zero attached hydrogens (tertiary/aromatic N) is 1. The van der Waals surface area contributed by atoms with Crippen LogP contribution in [0.3, 0.4) is 0 Å². The van der Waals surface area contributed by atoms with Crippen LogP contribution >= 0.6 is 0 Å². The number of aryl methyl sites for hydroxylation is 1. The van der Waals surface area contributed by atoms with Crippen LogP contribution in [0.2, 0.25) is 0 Å². The number of amides is 1. The van der Waals surface area contributed by atoms with Crippen molar-refractivity contribution in [1.82, 2.24) is 20.3 Å². The molecule has 0 spiro atoms. The number of aromatic nitrogens is 2. The fourth-order valence-electron chi connectivity index (χ4n) is 5.00. The van der Waals surface area contributed by atoms with Crippen LogP contribution in [0, 0.1) is 11.8 Å². The number of fused-ring (bicyclic) bond motifs is 2. The van der Waals surface area contributed by atoms with Crippen molar-refractivity contribution >= 4 is 22.9 Å². The van der Waals surface area contributed by atoms with Gasteiger partial charge in [-0.3, -0.25) is 14.9 Å². The molecule has 0 bridgehead atoms. The molecule has 1 aliphatic rings. The van der Waals surface area contributed by atoms with Crippen molar-refractivity contribution in [3.8, 4) is 0 Å². The number of rotatable bonds is 8. The first-order valence-electron chi connectivity index (χ1n) is 11.6. The molecule has 0 fully saturated rings. The van der Waals surface area contributed by atoms with E-state index in [0.717, 1.165) is 53.5 Å². The number of aromatic amines is 2. The highest BCUT2D eigenvalue weighted by atomic mass is 19.1. The molecular formula is C27H26F2N4O2. The Balaban J connectivity index is 1.38. The summed E-state index contributed by atoms with van der Waals surface area (Å²) in [6.45, 7) is 1.32. The van der Waals surface area contributed by atoms with Gasteiger partial charge in [-0.2, -0.15) is 4.39 Å². The number of benzene rings is 2. The van der Waals surface area contributed by atoms with E-state index in [0.29, 0.717) is 6.54 Å². The summed E-state index contributed by atoms with van der Waals surface area (Å²) in [7, 11) is 0. The van der Waals surface area contributed by atoms with Crippen molar-refractivity contribution in [3.63, 3.8) is 0 Å². The van der Waals surface area contributed by atoms with Crippen LogP contribution in [0.5, 0.6) is 0 Å². The Hall–Kier alpha value is -3.75. The lowest BCUT2D eigenvalue weighted by Gasteiger charge is -2.29. The quantitative estimate of drug-likeness (QED) is 0.164. The largest absolute Gasteiger partial charge is 0.361 e. The topological polar surface area (TPSA) is 84.2 Å². The van der Waals surface area contributed by atoms with E-state index in [1.54, 1.807) is 23.7 Å². The normalized spacial score (nSPS) is 15.4. The molecule has 2 aromatic carbocycles. The molecule has 2 heterocycles. The Morgan fingerprint density at radius 3 is 2.86 bits per heavy atom. The second-order valence-corrected chi connectivity index (χ2v) is 8.88. The Kier molecular flexibility index (Phi) is 6.48. The van der Waals surface area contributed by atoms with Gasteiger partial charge in [0, 0.05) is 48.0 Å². The van der Waals surface area contributed by atoms with E-state index in [9.17, 15) is 13.6 Å². The zero-order chi connectivity index (χ0) is 24.4. The van der Waals surface area contributed by atoms with Crippen LogP contribution in [0.1, 0.15) is 40.4 Å².